The van der Waals surface area contributed by atoms with Crippen LogP contribution in [0.4, 0.5) is 4.39 Å². The van der Waals surface area contributed by atoms with Crippen molar-refractivity contribution >= 4 is 22.0 Å². The third kappa shape index (κ3) is 4.25. The number of rotatable bonds is 4. The van der Waals surface area contributed by atoms with E-state index in [-0.39, 0.29) is 10.7 Å². The molecule has 0 atom stereocenters. The Labute approximate surface area is 122 Å². The Morgan fingerprint density at radius 1 is 1.00 bits per heavy atom. The highest BCUT2D eigenvalue weighted by atomic mass is 32.2. The average molecular weight is 305 g/mol. The van der Waals surface area contributed by atoms with E-state index in [1.165, 1.54) is 42.5 Å². The lowest BCUT2D eigenvalue weighted by molar-refractivity contribution is -0.114. The lowest BCUT2D eigenvalue weighted by Gasteiger charge is -2.04. The number of nitrogens with one attached hydrogen (secondary N) is 1. The molecule has 1 N–H and O–H groups in total. The molecule has 0 fully saturated rings. The van der Waals surface area contributed by atoms with Crippen molar-refractivity contribution in [1.82, 2.24) is 4.72 Å². The minimum absolute atomic E-state index is 0.00790. The summed E-state index contributed by atoms with van der Waals surface area (Å²) < 4.78 is 38.4. The van der Waals surface area contributed by atoms with Crippen molar-refractivity contribution in [3.05, 3.63) is 72.1 Å². The van der Waals surface area contributed by atoms with Crippen LogP contribution in [0.5, 0.6) is 0 Å². The number of hydrogen-bond donors (Lipinski definition) is 1. The monoisotopic (exact) mass is 305 g/mol. The Bertz CT molecular complexity index is 753. The number of carbonyl (C=O) groups is 1. The molecule has 2 aromatic carbocycles. The van der Waals surface area contributed by atoms with Gasteiger partial charge >= 0.3 is 0 Å². The fourth-order valence-corrected chi connectivity index (χ4v) is 2.54. The van der Waals surface area contributed by atoms with Gasteiger partial charge in [0.05, 0.1) is 4.90 Å². The quantitative estimate of drug-likeness (QED) is 0.882. The lowest BCUT2D eigenvalue weighted by atomic mass is 10.2. The van der Waals surface area contributed by atoms with Crippen LogP contribution in [0.2, 0.25) is 0 Å². The van der Waals surface area contributed by atoms with Crippen LogP contribution >= 0.6 is 0 Å². The third-order valence-electron chi connectivity index (χ3n) is 2.59. The fraction of sp³-hybridized carbons (Fsp3) is 0. The molecule has 1 amide bonds. The molecule has 0 bridgehead atoms. The van der Waals surface area contributed by atoms with E-state index in [1.807, 2.05) is 4.72 Å². The van der Waals surface area contributed by atoms with Crippen molar-refractivity contribution in [2.45, 2.75) is 4.90 Å². The summed E-state index contributed by atoms with van der Waals surface area (Å²) in [4.78, 5) is 11.6. The number of hydrogen-bond acceptors (Lipinski definition) is 3. The van der Waals surface area contributed by atoms with Gasteiger partial charge in [0, 0.05) is 6.08 Å². The number of amides is 1. The second-order valence-corrected chi connectivity index (χ2v) is 5.85. The minimum atomic E-state index is -3.88. The van der Waals surface area contributed by atoms with Gasteiger partial charge in [-0.05, 0) is 35.9 Å². The number of carbonyl (C=O) groups excluding carboxylic acids is 1. The van der Waals surface area contributed by atoms with Crippen molar-refractivity contribution in [2.24, 2.45) is 0 Å². The minimum Gasteiger partial charge on any atom is -0.269 e. The summed E-state index contributed by atoms with van der Waals surface area (Å²) in [5.41, 5.74) is 0.587. The molecule has 6 heteroatoms. The maximum Gasteiger partial charge on any atom is 0.264 e. The van der Waals surface area contributed by atoms with Crippen LogP contribution in [0.15, 0.2) is 65.6 Å². The van der Waals surface area contributed by atoms with Crippen LogP contribution in [0.3, 0.4) is 0 Å². The van der Waals surface area contributed by atoms with E-state index >= 15 is 0 Å². The van der Waals surface area contributed by atoms with Gasteiger partial charge < -0.3 is 0 Å². The topological polar surface area (TPSA) is 63.2 Å². The normalized spacial score (nSPS) is 11.5. The molecule has 2 aromatic rings. The number of sulfonamides is 1. The predicted molar refractivity (Wildman–Crippen MR) is 77.2 cm³/mol. The summed E-state index contributed by atoms with van der Waals surface area (Å²) in [6, 6.07) is 13.0. The Kier molecular flexibility index (Phi) is 4.49. The first kappa shape index (κ1) is 14.9. The molecule has 0 aliphatic rings. The van der Waals surface area contributed by atoms with Crippen molar-refractivity contribution in [1.29, 1.82) is 0 Å². The zero-order valence-electron chi connectivity index (χ0n) is 10.9. The van der Waals surface area contributed by atoms with Crippen molar-refractivity contribution in [3.63, 3.8) is 0 Å². The molecule has 0 aliphatic heterocycles. The lowest BCUT2D eigenvalue weighted by Crippen LogP contribution is -2.28. The van der Waals surface area contributed by atoms with Crippen LogP contribution in [0, 0.1) is 5.82 Å². The summed E-state index contributed by atoms with van der Waals surface area (Å²) >= 11 is 0. The van der Waals surface area contributed by atoms with Gasteiger partial charge in [0.1, 0.15) is 5.82 Å². The van der Waals surface area contributed by atoms with Crippen molar-refractivity contribution < 1.29 is 17.6 Å². The average Bonchev–Trinajstić information content (AvgIpc) is 2.47. The summed E-state index contributed by atoms with van der Waals surface area (Å²) in [5, 5.41) is 0. The smallest absolute Gasteiger partial charge is 0.264 e. The molecule has 0 aliphatic carbocycles. The van der Waals surface area contributed by atoms with Gasteiger partial charge in [0.15, 0.2) is 0 Å². The summed E-state index contributed by atoms with van der Waals surface area (Å²) in [7, 11) is -3.88. The Balaban J connectivity index is 2.06. The van der Waals surface area contributed by atoms with E-state index in [2.05, 4.69) is 0 Å². The van der Waals surface area contributed by atoms with Gasteiger partial charge in [-0.15, -0.1) is 0 Å². The van der Waals surface area contributed by atoms with Crippen molar-refractivity contribution in [3.8, 4) is 0 Å². The SMILES string of the molecule is O=C(/C=C/c1ccc(F)cc1)NS(=O)(=O)c1ccccc1. The highest BCUT2D eigenvalue weighted by molar-refractivity contribution is 7.90. The predicted octanol–water partition coefficient (Wildman–Crippen LogP) is 2.34. The Morgan fingerprint density at radius 2 is 1.62 bits per heavy atom. The maximum absolute atomic E-state index is 12.7. The summed E-state index contributed by atoms with van der Waals surface area (Å²) in [6.45, 7) is 0. The highest BCUT2D eigenvalue weighted by Crippen LogP contribution is 2.08. The molecule has 0 spiro atoms. The largest absolute Gasteiger partial charge is 0.269 e. The third-order valence-corrected chi connectivity index (χ3v) is 3.95. The van der Waals surface area contributed by atoms with Crippen LogP contribution in [-0.4, -0.2) is 14.3 Å². The first-order valence-electron chi connectivity index (χ1n) is 6.03. The fourth-order valence-electron chi connectivity index (χ4n) is 1.57. The standard InChI is InChI=1S/C15H12FNO3S/c16-13-9-6-12(7-10-13)8-11-15(18)17-21(19,20)14-4-2-1-3-5-14/h1-11H,(H,17,18)/b11-8+. The van der Waals surface area contributed by atoms with Gasteiger partial charge in [-0.2, -0.15) is 0 Å². The molecule has 0 aromatic heterocycles. The summed E-state index contributed by atoms with van der Waals surface area (Å²) in [5.74, 6) is -1.16. The van der Waals surface area contributed by atoms with Gasteiger partial charge in [-0.3, -0.25) is 4.79 Å². The number of benzene rings is 2. The molecule has 21 heavy (non-hydrogen) atoms. The molecule has 0 saturated carbocycles. The van der Waals surface area contributed by atoms with E-state index < -0.39 is 15.9 Å². The molecule has 0 saturated heterocycles. The second kappa shape index (κ2) is 6.32. The van der Waals surface area contributed by atoms with Gasteiger partial charge in [-0.1, -0.05) is 30.3 Å². The zero-order valence-corrected chi connectivity index (χ0v) is 11.7. The molecule has 108 valence electrons. The maximum atomic E-state index is 12.7. The van der Waals surface area contributed by atoms with Crippen molar-refractivity contribution in [2.75, 3.05) is 0 Å². The molecule has 2 rings (SSSR count). The molecular formula is C15H12FNO3S. The first-order chi connectivity index (χ1) is 9.97. The van der Waals surface area contributed by atoms with Gasteiger partial charge in [0.25, 0.3) is 15.9 Å². The van der Waals surface area contributed by atoms with Crippen LogP contribution < -0.4 is 4.72 Å². The molecule has 0 radical (unpaired) electrons. The first-order valence-corrected chi connectivity index (χ1v) is 7.51. The molecule has 0 heterocycles. The van der Waals surface area contributed by atoms with E-state index in [0.717, 1.165) is 6.08 Å². The molecular weight excluding hydrogens is 293 g/mol. The molecule has 4 nitrogen and oxygen atoms in total. The van der Waals surface area contributed by atoms with Crippen LogP contribution in [0.25, 0.3) is 6.08 Å². The Morgan fingerprint density at radius 3 is 2.24 bits per heavy atom. The highest BCUT2D eigenvalue weighted by Gasteiger charge is 2.15. The van der Waals surface area contributed by atoms with E-state index in [4.69, 9.17) is 0 Å². The van der Waals surface area contributed by atoms with E-state index in [1.54, 1.807) is 18.2 Å². The second-order valence-electron chi connectivity index (χ2n) is 4.17. The van der Waals surface area contributed by atoms with Crippen LogP contribution in [-0.2, 0) is 14.8 Å². The van der Waals surface area contributed by atoms with Gasteiger partial charge in [-0.25, -0.2) is 17.5 Å². The zero-order chi connectivity index (χ0) is 15.3. The van der Waals surface area contributed by atoms with E-state index in [9.17, 15) is 17.6 Å². The van der Waals surface area contributed by atoms with E-state index in [0.29, 0.717) is 5.56 Å². The number of halogens is 1. The van der Waals surface area contributed by atoms with Crippen LogP contribution in [0.1, 0.15) is 5.56 Å². The Hall–Kier alpha value is -2.47. The molecule has 0 unspecified atom stereocenters. The summed E-state index contributed by atoms with van der Waals surface area (Å²) in [6.07, 6.45) is 2.48. The van der Waals surface area contributed by atoms with Gasteiger partial charge in [0.2, 0.25) is 0 Å².